The first-order valence-electron chi connectivity index (χ1n) is 21.5. The SMILES string of the molecule is [2H]c1c([2H])c([2H])c(-c2cccc(-c3c4c([2H])c([2H])c([2H])c([2H])c4c(-c4cccc(-c5nc6ccccc6n5-c5ccccc5)c4)c4c([2H])c([2H])c([2H])c([2H])c34)c2)c([2H])c1[2H]. The summed E-state index contributed by atoms with van der Waals surface area (Å²) in [5.41, 5.74) is 4.03. The van der Waals surface area contributed by atoms with E-state index in [0.717, 1.165) is 16.7 Å². The molecule has 0 bridgehead atoms. The van der Waals surface area contributed by atoms with Gasteiger partial charge < -0.3 is 0 Å². The van der Waals surface area contributed by atoms with Crippen LogP contribution in [0, 0.1) is 0 Å². The van der Waals surface area contributed by atoms with Crippen LogP contribution in [0.15, 0.2) is 182 Å². The molecule has 9 aromatic rings. The van der Waals surface area contributed by atoms with E-state index in [-0.39, 0.29) is 49.4 Å². The quantitative estimate of drug-likeness (QED) is 0.177. The van der Waals surface area contributed by atoms with Crippen LogP contribution in [0.2, 0.25) is 0 Å². The fraction of sp³-hybridized carbons (Fsp3) is 0. The van der Waals surface area contributed by atoms with Crippen molar-refractivity contribution >= 4 is 32.6 Å². The highest BCUT2D eigenvalue weighted by Gasteiger charge is 2.19. The first-order valence-corrected chi connectivity index (χ1v) is 15.0. The zero-order valence-corrected chi connectivity index (χ0v) is 24.7. The Kier molecular flexibility index (Phi) is 4.05. The lowest BCUT2D eigenvalue weighted by Crippen LogP contribution is -1.97. The molecule has 1 heterocycles. The summed E-state index contributed by atoms with van der Waals surface area (Å²) < 4.78 is 117. The number of hydrogen-bond donors (Lipinski definition) is 0. The molecule has 8 aromatic carbocycles. The van der Waals surface area contributed by atoms with E-state index < -0.39 is 78.6 Å². The van der Waals surface area contributed by atoms with E-state index >= 15 is 0 Å². The molecule has 0 radical (unpaired) electrons. The summed E-state index contributed by atoms with van der Waals surface area (Å²) >= 11 is 0. The third-order valence-electron chi connectivity index (χ3n) is 8.30. The van der Waals surface area contributed by atoms with E-state index in [2.05, 4.69) is 0 Å². The Balaban J connectivity index is 1.43. The predicted octanol–water partition coefficient (Wildman–Crippen LogP) is 12.0. The monoisotopic (exact) mass is 611 g/mol. The maximum absolute atomic E-state index is 9.40. The summed E-state index contributed by atoms with van der Waals surface area (Å²) in [5.74, 6) is 0.572. The lowest BCUT2D eigenvalue weighted by molar-refractivity contribution is 1.10. The smallest absolute Gasteiger partial charge is 0.145 e. The number of imidazole rings is 1. The van der Waals surface area contributed by atoms with Crippen molar-refractivity contribution in [2.75, 3.05) is 0 Å². The van der Waals surface area contributed by atoms with Gasteiger partial charge in [-0.3, -0.25) is 4.57 Å². The molecule has 220 valence electrons. The molecular formula is C45H30N2. The van der Waals surface area contributed by atoms with E-state index in [0.29, 0.717) is 17.0 Å². The first-order chi connectivity index (χ1) is 28.7. The Hall–Kier alpha value is -6.25. The highest BCUT2D eigenvalue weighted by Crippen LogP contribution is 2.45. The molecule has 1 aromatic heterocycles. The zero-order chi connectivity index (χ0) is 42.5. The average molecular weight is 612 g/mol. The minimum Gasteiger partial charge on any atom is -0.292 e. The Morgan fingerprint density at radius 2 is 0.936 bits per heavy atom. The van der Waals surface area contributed by atoms with Crippen molar-refractivity contribution in [3.05, 3.63) is 182 Å². The van der Waals surface area contributed by atoms with E-state index in [4.69, 9.17) is 17.3 Å². The van der Waals surface area contributed by atoms with Crippen LogP contribution in [0.4, 0.5) is 0 Å². The third-order valence-corrected chi connectivity index (χ3v) is 8.30. The number of rotatable bonds is 5. The van der Waals surface area contributed by atoms with Gasteiger partial charge in [-0.2, -0.15) is 0 Å². The largest absolute Gasteiger partial charge is 0.292 e. The van der Waals surface area contributed by atoms with Crippen molar-refractivity contribution in [1.82, 2.24) is 9.55 Å². The molecule has 0 spiro atoms. The van der Waals surface area contributed by atoms with Crippen LogP contribution in [0.1, 0.15) is 17.8 Å². The predicted molar refractivity (Wildman–Crippen MR) is 198 cm³/mol. The van der Waals surface area contributed by atoms with Gasteiger partial charge in [-0.1, -0.05) is 145 Å². The van der Waals surface area contributed by atoms with Gasteiger partial charge in [0.1, 0.15) is 5.82 Å². The number of benzene rings is 8. The average Bonchev–Trinajstić information content (AvgIpc) is 3.67. The van der Waals surface area contributed by atoms with Crippen LogP contribution in [0.3, 0.4) is 0 Å². The summed E-state index contributed by atoms with van der Waals surface area (Å²) in [6, 6.07) is 24.2. The molecule has 0 saturated carbocycles. The molecule has 0 N–H and O–H groups in total. The van der Waals surface area contributed by atoms with Crippen LogP contribution in [-0.2, 0) is 0 Å². The molecule has 47 heavy (non-hydrogen) atoms. The van der Waals surface area contributed by atoms with E-state index in [1.54, 1.807) is 36.4 Å². The fourth-order valence-electron chi connectivity index (χ4n) is 6.30. The zero-order valence-electron chi connectivity index (χ0n) is 37.7. The molecule has 2 nitrogen and oxygen atoms in total. The normalized spacial score (nSPS) is 15.3. The topological polar surface area (TPSA) is 17.8 Å². The van der Waals surface area contributed by atoms with Crippen molar-refractivity contribution < 1.29 is 17.8 Å². The van der Waals surface area contributed by atoms with Crippen LogP contribution >= 0.6 is 0 Å². The minimum atomic E-state index is -0.564. The molecule has 0 saturated heterocycles. The number of para-hydroxylation sites is 3. The van der Waals surface area contributed by atoms with Gasteiger partial charge in [0.05, 0.1) is 28.9 Å². The second-order valence-corrected chi connectivity index (χ2v) is 11.0. The summed E-state index contributed by atoms with van der Waals surface area (Å²) in [6.07, 6.45) is 0. The molecule has 0 aliphatic heterocycles. The van der Waals surface area contributed by atoms with Crippen molar-refractivity contribution in [1.29, 1.82) is 0 Å². The van der Waals surface area contributed by atoms with Crippen LogP contribution in [0.25, 0.3) is 83.0 Å². The van der Waals surface area contributed by atoms with E-state index in [9.17, 15) is 5.48 Å². The van der Waals surface area contributed by atoms with Gasteiger partial charge in [0.25, 0.3) is 0 Å². The minimum absolute atomic E-state index is 0.00968. The van der Waals surface area contributed by atoms with Crippen LogP contribution in [-0.4, -0.2) is 9.55 Å². The highest BCUT2D eigenvalue weighted by atomic mass is 15.1. The molecule has 9 rings (SSSR count). The van der Waals surface area contributed by atoms with Gasteiger partial charge in [0, 0.05) is 11.3 Å². The fourth-order valence-corrected chi connectivity index (χ4v) is 6.30. The third kappa shape index (κ3) is 4.62. The Morgan fingerprint density at radius 3 is 1.57 bits per heavy atom. The maximum Gasteiger partial charge on any atom is 0.145 e. The Morgan fingerprint density at radius 1 is 0.426 bits per heavy atom. The summed E-state index contributed by atoms with van der Waals surface area (Å²) in [6.45, 7) is 0. The number of fused-ring (bicyclic) bond motifs is 3. The summed E-state index contributed by atoms with van der Waals surface area (Å²) in [5, 5.41) is -0.0201. The van der Waals surface area contributed by atoms with Crippen LogP contribution in [0.5, 0.6) is 0 Å². The molecule has 2 heteroatoms. The molecule has 0 aliphatic carbocycles. The molecule has 0 amide bonds. The molecular weight excluding hydrogens is 569 g/mol. The summed E-state index contributed by atoms with van der Waals surface area (Å²) in [4.78, 5) is 5.01. The molecule has 0 unspecified atom stereocenters. The van der Waals surface area contributed by atoms with Gasteiger partial charge in [0.2, 0.25) is 0 Å². The van der Waals surface area contributed by atoms with Crippen molar-refractivity contribution in [3.63, 3.8) is 0 Å². The number of hydrogen-bond acceptors (Lipinski definition) is 1. The van der Waals surface area contributed by atoms with Gasteiger partial charge in [0.15, 0.2) is 0 Å². The molecule has 0 fully saturated rings. The molecule has 0 aliphatic rings. The van der Waals surface area contributed by atoms with E-state index in [1.165, 1.54) is 6.07 Å². The number of nitrogens with zero attached hydrogens (tertiary/aromatic N) is 2. The lowest BCUT2D eigenvalue weighted by atomic mass is 9.85. The van der Waals surface area contributed by atoms with Gasteiger partial charge in [-0.05, 0) is 91.3 Å². The summed E-state index contributed by atoms with van der Waals surface area (Å²) in [7, 11) is 0. The van der Waals surface area contributed by atoms with Crippen molar-refractivity contribution in [2.45, 2.75) is 0 Å². The van der Waals surface area contributed by atoms with Crippen LogP contribution < -0.4 is 0 Å². The second kappa shape index (κ2) is 11.3. The number of aromatic nitrogens is 2. The lowest BCUT2D eigenvalue weighted by Gasteiger charge is -2.18. The first kappa shape index (κ1) is 16.9. The highest BCUT2D eigenvalue weighted by molar-refractivity contribution is 6.21. The van der Waals surface area contributed by atoms with Crippen molar-refractivity contribution in [2.24, 2.45) is 0 Å². The van der Waals surface area contributed by atoms with Crippen molar-refractivity contribution in [3.8, 4) is 50.5 Å². The molecule has 0 atom stereocenters. The van der Waals surface area contributed by atoms with Gasteiger partial charge in [-0.25, -0.2) is 4.98 Å². The Bertz CT molecular complexity index is 3200. The van der Waals surface area contributed by atoms with E-state index in [1.807, 2.05) is 65.2 Å². The maximum atomic E-state index is 9.40. The van der Waals surface area contributed by atoms with Gasteiger partial charge >= 0.3 is 0 Å². The Labute approximate surface area is 292 Å². The van der Waals surface area contributed by atoms with Gasteiger partial charge in [-0.15, -0.1) is 0 Å². The standard InChI is InChI=1S/C45H30N2/c1-3-15-31(16-4-1)32-17-13-18-33(29-32)43-37-23-7-9-25-39(37)44(40-26-10-8-24-38(40)43)34-19-14-20-35(30-34)45-46-41-27-11-12-28-42(41)47(45)36-21-5-2-6-22-36/h1-30H/i1D,3D,4D,7D,8D,9D,10D,15D,16D,23D,24D,25D,26D. The second-order valence-electron chi connectivity index (χ2n) is 11.0.